The third-order valence-electron chi connectivity index (χ3n) is 3.06. The fourth-order valence-electron chi connectivity index (χ4n) is 2.04. The van der Waals surface area contributed by atoms with E-state index >= 15 is 0 Å². The van der Waals surface area contributed by atoms with Crippen molar-refractivity contribution in [2.75, 3.05) is 24.7 Å². The average molecular weight is 315 g/mol. The van der Waals surface area contributed by atoms with Crippen molar-refractivity contribution in [2.45, 2.75) is 19.4 Å². The van der Waals surface area contributed by atoms with Crippen LogP contribution in [0.4, 0.5) is 5.82 Å². The van der Waals surface area contributed by atoms with Crippen LogP contribution < -0.4 is 4.90 Å². The quantitative estimate of drug-likeness (QED) is 0.926. The van der Waals surface area contributed by atoms with E-state index in [1.165, 1.54) is 0 Å². The van der Waals surface area contributed by atoms with Crippen molar-refractivity contribution in [1.82, 2.24) is 4.98 Å². The fraction of sp³-hybridized carbons (Fsp3) is 0.500. The van der Waals surface area contributed by atoms with E-state index in [0.717, 1.165) is 13.0 Å². The Hall–Kier alpha value is -1.14. The molecule has 1 N–H and O–H groups in total. The second kappa shape index (κ2) is 5.67. The second-order valence-corrected chi connectivity index (χ2v) is 5.01. The van der Waals surface area contributed by atoms with E-state index < -0.39 is 5.97 Å². The lowest BCUT2D eigenvalue weighted by Gasteiger charge is -2.36. The zero-order valence-electron chi connectivity index (χ0n) is 10.1. The molecule has 1 fully saturated rings. The first-order valence-corrected chi connectivity index (χ1v) is 6.66. The number of hydrogen-bond acceptors (Lipinski definition) is 4. The molecule has 0 aromatic carbocycles. The molecular weight excluding hydrogens is 300 g/mol. The van der Waals surface area contributed by atoms with Crippen molar-refractivity contribution in [2.24, 2.45) is 0 Å². The Morgan fingerprint density at radius 2 is 2.50 bits per heavy atom. The lowest BCUT2D eigenvalue weighted by molar-refractivity contribution is 0.0695. The van der Waals surface area contributed by atoms with Crippen molar-refractivity contribution in [3.8, 4) is 0 Å². The molecule has 0 radical (unpaired) electrons. The van der Waals surface area contributed by atoms with E-state index in [9.17, 15) is 4.79 Å². The minimum Gasteiger partial charge on any atom is -0.478 e. The number of aromatic nitrogens is 1. The summed E-state index contributed by atoms with van der Waals surface area (Å²) in [6.07, 6.45) is 2.49. The number of carboxylic acids is 1. The second-order valence-electron chi connectivity index (χ2n) is 4.16. The number of hydrogen-bond donors (Lipinski definition) is 1. The number of ether oxygens (including phenoxy) is 1. The summed E-state index contributed by atoms with van der Waals surface area (Å²) in [5.74, 6) is -0.252. The fourth-order valence-corrected chi connectivity index (χ4v) is 2.43. The van der Waals surface area contributed by atoms with E-state index in [-0.39, 0.29) is 11.6 Å². The van der Waals surface area contributed by atoms with Crippen LogP contribution in [-0.4, -0.2) is 41.9 Å². The molecule has 1 aliphatic heterocycles. The highest BCUT2D eigenvalue weighted by atomic mass is 79.9. The average Bonchev–Trinajstić information content (AvgIpc) is 2.39. The van der Waals surface area contributed by atoms with Crippen LogP contribution in [0.25, 0.3) is 0 Å². The van der Waals surface area contributed by atoms with Gasteiger partial charge in [-0.05, 0) is 28.4 Å². The number of anilines is 1. The maximum absolute atomic E-state index is 11.1. The Balaban J connectivity index is 2.32. The van der Waals surface area contributed by atoms with Gasteiger partial charge in [0.1, 0.15) is 5.82 Å². The summed E-state index contributed by atoms with van der Waals surface area (Å²) in [5, 5.41) is 9.11. The monoisotopic (exact) mass is 314 g/mol. The summed E-state index contributed by atoms with van der Waals surface area (Å²) in [7, 11) is 0. The highest BCUT2D eigenvalue weighted by Crippen LogP contribution is 2.24. The third-order valence-corrected chi connectivity index (χ3v) is 3.70. The number of carbonyl (C=O) groups is 1. The number of pyridine rings is 1. The lowest BCUT2D eigenvalue weighted by Crippen LogP contribution is -2.45. The van der Waals surface area contributed by atoms with Gasteiger partial charge in [-0.25, -0.2) is 9.78 Å². The van der Waals surface area contributed by atoms with Gasteiger partial charge in [0, 0.05) is 12.7 Å². The molecule has 6 heteroatoms. The third kappa shape index (κ3) is 2.64. The minimum absolute atomic E-state index is 0.237. The molecular formula is C12H15BrN2O3. The van der Waals surface area contributed by atoms with E-state index in [4.69, 9.17) is 9.84 Å². The molecule has 0 bridgehead atoms. The molecule has 5 nitrogen and oxygen atoms in total. The van der Waals surface area contributed by atoms with Crippen molar-refractivity contribution in [3.63, 3.8) is 0 Å². The van der Waals surface area contributed by atoms with Crippen molar-refractivity contribution >= 4 is 27.7 Å². The maximum atomic E-state index is 11.1. The largest absolute Gasteiger partial charge is 0.478 e. The Bertz CT molecular complexity index is 453. The van der Waals surface area contributed by atoms with Crippen LogP contribution in [-0.2, 0) is 4.74 Å². The number of morpholine rings is 1. The maximum Gasteiger partial charge on any atom is 0.337 e. The van der Waals surface area contributed by atoms with E-state index in [0.29, 0.717) is 23.5 Å². The van der Waals surface area contributed by atoms with Gasteiger partial charge in [0.2, 0.25) is 0 Å². The molecule has 2 rings (SSSR count). The van der Waals surface area contributed by atoms with Crippen molar-refractivity contribution in [3.05, 3.63) is 22.3 Å². The molecule has 1 saturated heterocycles. The molecule has 0 spiro atoms. The van der Waals surface area contributed by atoms with Gasteiger partial charge < -0.3 is 14.7 Å². The summed E-state index contributed by atoms with van der Waals surface area (Å²) in [6.45, 7) is 4.14. The van der Waals surface area contributed by atoms with Crippen LogP contribution in [0.15, 0.2) is 16.7 Å². The van der Waals surface area contributed by atoms with Crippen LogP contribution in [0.3, 0.4) is 0 Å². The Morgan fingerprint density at radius 1 is 1.72 bits per heavy atom. The summed E-state index contributed by atoms with van der Waals surface area (Å²) < 4.78 is 5.93. The highest BCUT2D eigenvalue weighted by molar-refractivity contribution is 9.10. The summed E-state index contributed by atoms with van der Waals surface area (Å²) in [4.78, 5) is 17.5. The Morgan fingerprint density at radius 3 is 3.17 bits per heavy atom. The molecule has 98 valence electrons. The molecule has 2 heterocycles. The van der Waals surface area contributed by atoms with Crippen LogP contribution >= 0.6 is 15.9 Å². The van der Waals surface area contributed by atoms with Crippen molar-refractivity contribution < 1.29 is 14.6 Å². The van der Waals surface area contributed by atoms with E-state index in [1.54, 1.807) is 12.3 Å². The molecule has 1 aliphatic rings. The van der Waals surface area contributed by atoms with Gasteiger partial charge in [-0.3, -0.25) is 0 Å². The van der Waals surface area contributed by atoms with E-state index in [1.807, 2.05) is 0 Å². The predicted octanol–water partition coefficient (Wildman–Crippen LogP) is 2.16. The topological polar surface area (TPSA) is 62.7 Å². The number of halogens is 1. The van der Waals surface area contributed by atoms with E-state index in [2.05, 4.69) is 32.7 Å². The van der Waals surface area contributed by atoms with Crippen LogP contribution in [0.2, 0.25) is 0 Å². The first-order chi connectivity index (χ1) is 8.63. The number of nitrogens with zero attached hydrogens (tertiary/aromatic N) is 2. The van der Waals surface area contributed by atoms with Crippen LogP contribution in [0, 0.1) is 0 Å². The van der Waals surface area contributed by atoms with Crippen LogP contribution in [0.5, 0.6) is 0 Å². The molecule has 18 heavy (non-hydrogen) atoms. The molecule has 1 aromatic rings. The van der Waals surface area contributed by atoms with Gasteiger partial charge in [-0.1, -0.05) is 6.92 Å². The highest BCUT2D eigenvalue weighted by Gasteiger charge is 2.23. The predicted molar refractivity (Wildman–Crippen MR) is 71.1 cm³/mol. The molecule has 0 amide bonds. The smallest absolute Gasteiger partial charge is 0.337 e. The Labute approximate surface area is 114 Å². The minimum atomic E-state index is -0.952. The zero-order valence-corrected chi connectivity index (χ0v) is 11.7. The molecule has 1 atom stereocenters. The molecule has 0 saturated carbocycles. The Kier molecular flexibility index (Phi) is 4.19. The van der Waals surface area contributed by atoms with Gasteiger partial charge in [-0.2, -0.15) is 0 Å². The van der Waals surface area contributed by atoms with Crippen LogP contribution in [0.1, 0.15) is 23.7 Å². The summed E-state index contributed by atoms with van der Waals surface area (Å²) >= 11 is 3.20. The van der Waals surface area contributed by atoms with Gasteiger partial charge in [-0.15, -0.1) is 0 Å². The molecule has 0 aliphatic carbocycles. The SMILES string of the molecule is CCC1COCCN1c1cc(C(=O)O)c(Br)cn1. The van der Waals surface area contributed by atoms with Crippen molar-refractivity contribution in [1.29, 1.82) is 0 Å². The molecule has 1 unspecified atom stereocenters. The normalized spacial score (nSPS) is 19.9. The first kappa shape index (κ1) is 13.3. The number of carboxylic acid groups (broad SMARTS) is 1. The van der Waals surface area contributed by atoms with Gasteiger partial charge >= 0.3 is 5.97 Å². The zero-order chi connectivity index (χ0) is 13.1. The van der Waals surface area contributed by atoms with Gasteiger partial charge in [0.25, 0.3) is 0 Å². The molecule has 1 aromatic heterocycles. The summed E-state index contributed by atoms with van der Waals surface area (Å²) in [5.41, 5.74) is 0.237. The lowest BCUT2D eigenvalue weighted by atomic mass is 10.1. The summed E-state index contributed by atoms with van der Waals surface area (Å²) in [6, 6.07) is 1.87. The van der Waals surface area contributed by atoms with Gasteiger partial charge in [0.15, 0.2) is 0 Å². The standard InChI is InChI=1S/C12H15BrN2O3/c1-2-8-7-18-4-3-15(8)11-5-9(12(16)17)10(13)6-14-11/h5-6,8H,2-4,7H2,1H3,(H,16,17). The number of aromatic carboxylic acids is 1. The van der Waals surface area contributed by atoms with Gasteiger partial charge in [0.05, 0.1) is 29.3 Å². The number of rotatable bonds is 3. The first-order valence-electron chi connectivity index (χ1n) is 5.86.